The van der Waals surface area contributed by atoms with E-state index in [0.717, 1.165) is 16.7 Å². The van der Waals surface area contributed by atoms with Gasteiger partial charge < -0.3 is 10.5 Å². The van der Waals surface area contributed by atoms with Crippen LogP contribution in [0.15, 0.2) is 72.0 Å². The number of likely N-dealkylation sites (N-methyl/N-ethyl adjacent to an activating group) is 1. The van der Waals surface area contributed by atoms with E-state index in [-0.39, 0.29) is 11.9 Å². The van der Waals surface area contributed by atoms with Gasteiger partial charge in [0.1, 0.15) is 11.4 Å². The molecule has 0 saturated carbocycles. The monoisotopic (exact) mass is 446 g/mol. The summed E-state index contributed by atoms with van der Waals surface area (Å²) in [6.07, 6.45) is 4.34. The fourth-order valence-corrected chi connectivity index (χ4v) is 4.92. The van der Waals surface area contributed by atoms with Crippen molar-refractivity contribution in [1.29, 1.82) is 0 Å². The number of hydrogen-bond acceptors (Lipinski definition) is 5. The van der Waals surface area contributed by atoms with E-state index in [1.54, 1.807) is 19.4 Å². The lowest BCUT2D eigenvalue weighted by molar-refractivity contribution is -0.133. The number of carbonyl (C=O) groups is 1. The number of amides is 1. The van der Waals surface area contributed by atoms with E-state index >= 15 is 0 Å². The molecule has 1 amide bonds. The van der Waals surface area contributed by atoms with Crippen LogP contribution in [0.4, 0.5) is 0 Å². The van der Waals surface area contributed by atoms with Crippen molar-refractivity contribution in [3.05, 3.63) is 83.1 Å². The number of nitrogens with zero attached hydrogens (tertiary/aromatic N) is 3. The quantitative estimate of drug-likeness (QED) is 0.654. The normalized spacial score (nSPS) is 24.3. The number of aliphatic imine (C=N–C) groups is 1. The Morgan fingerprint density at radius 2 is 1.91 bits per heavy atom. The van der Waals surface area contributed by atoms with Crippen LogP contribution >= 0.6 is 11.6 Å². The largest absolute Gasteiger partial charge is 0.487 e. The summed E-state index contributed by atoms with van der Waals surface area (Å²) in [4.78, 5) is 23.9. The molecule has 0 unspecified atom stereocenters. The summed E-state index contributed by atoms with van der Waals surface area (Å²) < 4.78 is 6.52. The molecule has 0 saturated heterocycles. The van der Waals surface area contributed by atoms with Gasteiger partial charge in [-0.05, 0) is 36.2 Å². The first-order chi connectivity index (χ1) is 15.3. The molecule has 2 aliphatic heterocycles. The van der Waals surface area contributed by atoms with E-state index in [2.05, 4.69) is 17.1 Å². The Bertz CT molecular complexity index is 1250. The van der Waals surface area contributed by atoms with Crippen LogP contribution in [-0.4, -0.2) is 34.4 Å². The minimum Gasteiger partial charge on any atom is -0.487 e. The Morgan fingerprint density at radius 3 is 2.59 bits per heavy atom. The molecular weight excluding hydrogens is 424 g/mol. The third-order valence-corrected chi connectivity index (χ3v) is 6.38. The number of benzene rings is 2. The molecule has 5 rings (SSSR count). The van der Waals surface area contributed by atoms with Crippen molar-refractivity contribution in [3.63, 3.8) is 0 Å². The van der Waals surface area contributed by atoms with E-state index in [4.69, 9.17) is 27.1 Å². The standard InChI is InChI=1S/C25H23ClN4O2/c1-24(12-16-6-4-3-5-7-16)15-25(22(31)30(2)23(27)29-25)20-11-17(8-9-21(20)32-24)18-10-19(26)14-28-13-18/h3-11,13-14H,12,15H2,1-2H3,(H2,27,29)/t24-,25-/m1/s1. The van der Waals surface area contributed by atoms with Crippen LogP contribution in [0.1, 0.15) is 24.5 Å². The van der Waals surface area contributed by atoms with Gasteiger partial charge >= 0.3 is 0 Å². The zero-order chi connectivity index (χ0) is 22.5. The van der Waals surface area contributed by atoms with Gasteiger partial charge in [0.05, 0.1) is 5.02 Å². The SMILES string of the molecule is CN1C(=O)[C@]2(C[C@@](C)(Cc3ccccc3)Oc3ccc(-c4cncc(Cl)c4)cc32)N=C1N. The maximum absolute atomic E-state index is 13.5. The molecule has 0 fully saturated rings. The molecule has 162 valence electrons. The van der Waals surface area contributed by atoms with Crippen molar-refractivity contribution in [2.45, 2.75) is 30.9 Å². The molecule has 6 nitrogen and oxygen atoms in total. The van der Waals surface area contributed by atoms with E-state index in [1.165, 1.54) is 4.90 Å². The molecule has 1 spiro atoms. The maximum Gasteiger partial charge on any atom is 0.261 e. The number of halogens is 1. The summed E-state index contributed by atoms with van der Waals surface area (Å²) in [5.41, 5.74) is 7.91. The first kappa shape index (κ1) is 20.5. The average molecular weight is 447 g/mol. The number of ether oxygens (including phenoxy) is 1. The van der Waals surface area contributed by atoms with Crippen molar-refractivity contribution < 1.29 is 9.53 Å². The van der Waals surface area contributed by atoms with Gasteiger partial charge in [0.25, 0.3) is 5.91 Å². The zero-order valence-electron chi connectivity index (χ0n) is 17.9. The number of rotatable bonds is 3. The van der Waals surface area contributed by atoms with Crippen LogP contribution in [-0.2, 0) is 16.8 Å². The van der Waals surface area contributed by atoms with Crippen molar-refractivity contribution in [2.75, 3.05) is 7.05 Å². The van der Waals surface area contributed by atoms with Crippen LogP contribution < -0.4 is 10.5 Å². The lowest BCUT2D eigenvalue weighted by atomic mass is 9.74. The van der Waals surface area contributed by atoms with Crippen LogP contribution in [0.3, 0.4) is 0 Å². The van der Waals surface area contributed by atoms with E-state index in [1.807, 2.05) is 49.4 Å². The molecule has 1 aromatic heterocycles. The summed E-state index contributed by atoms with van der Waals surface area (Å²) in [5.74, 6) is 0.688. The van der Waals surface area contributed by atoms with Crippen LogP contribution in [0, 0.1) is 0 Å². The summed E-state index contributed by atoms with van der Waals surface area (Å²) in [6.45, 7) is 2.02. The van der Waals surface area contributed by atoms with Gasteiger partial charge in [0.2, 0.25) is 0 Å². The van der Waals surface area contributed by atoms with Gasteiger partial charge in [-0.1, -0.05) is 48.0 Å². The molecule has 7 heteroatoms. The second-order valence-electron chi connectivity index (χ2n) is 8.69. The smallest absolute Gasteiger partial charge is 0.261 e. The summed E-state index contributed by atoms with van der Waals surface area (Å²) in [6, 6.07) is 17.7. The predicted octanol–water partition coefficient (Wildman–Crippen LogP) is 4.17. The van der Waals surface area contributed by atoms with Crippen molar-refractivity contribution in [2.24, 2.45) is 10.7 Å². The Labute approximate surface area is 191 Å². The Hall–Kier alpha value is -3.38. The summed E-state index contributed by atoms with van der Waals surface area (Å²) >= 11 is 6.15. The Kier molecular flexibility index (Phi) is 4.71. The highest BCUT2D eigenvalue weighted by molar-refractivity contribution is 6.30. The highest BCUT2D eigenvalue weighted by Gasteiger charge is 2.56. The molecule has 2 aromatic carbocycles. The predicted molar refractivity (Wildman–Crippen MR) is 125 cm³/mol. The number of pyridine rings is 1. The maximum atomic E-state index is 13.5. The summed E-state index contributed by atoms with van der Waals surface area (Å²) in [7, 11) is 1.66. The van der Waals surface area contributed by atoms with Gasteiger partial charge in [0.15, 0.2) is 11.5 Å². The average Bonchev–Trinajstić information content (AvgIpc) is 2.97. The van der Waals surface area contributed by atoms with Crippen LogP contribution in [0.5, 0.6) is 5.75 Å². The van der Waals surface area contributed by atoms with Gasteiger partial charge in [-0.2, -0.15) is 0 Å². The zero-order valence-corrected chi connectivity index (χ0v) is 18.6. The first-order valence-electron chi connectivity index (χ1n) is 10.4. The number of carbonyl (C=O) groups excluding carboxylic acids is 1. The highest BCUT2D eigenvalue weighted by atomic mass is 35.5. The molecular formula is C25H23ClN4O2. The molecule has 2 atom stereocenters. The van der Waals surface area contributed by atoms with Gasteiger partial charge in [-0.25, -0.2) is 4.99 Å². The second-order valence-corrected chi connectivity index (χ2v) is 9.12. The second kappa shape index (κ2) is 7.35. The first-order valence-corrected chi connectivity index (χ1v) is 10.8. The molecule has 2 N–H and O–H groups in total. The molecule has 3 heterocycles. The molecule has 32 heavy (non-hydrogen) atoms. The lowest BCUT2D eigenvalue weighted by Crippen LogP contribution is -2.51. The fraction of sp³-hybridized carbons (Fsp3) is 0.240. The van der Waals surface area contributed by atoms with Crippen molar-refractivity contribution >= 4 is 23.5 Å². The fourth-order valence-electron chi connectivity index (χ4n) is 4.75. The number of aromatic nitrogens is 1. The lowest BCUT2D eigenvalue weighted by Gasteiger charge is -2.43. The van der Waals surface area contributed by atoms with Gasteiger partial charge in [-0.15, -0.1) is 0 Å². The number of fused-ring (bicyclic) bond motifs is 2. The van der Waals surface area contributed by atoms with Crippen molar-refractivity contribution in [3.8, 4) is 16.9 Å². The molecule has 2 aliphatic rings. The third kappa shape index (κ3) is 3.31. The Balaban J connectivity index is 1.65. The number of nitrogens with two attached hydrogens (primary N) is 1. The van der Waals surface area contributed by atoms with E-state index < -0.39 is 11.1 Å². The van der Waals surface area contributed by atoms with Crippen LogP contribution in [0.2, 0.25) is 5.02 Å². The summed E-state index contributed by atoms with van der Waals surface area (Å²) in [5, 5.41) is 0.542. The van der Waals surface area contributed by atoms with Gasteiger partial charge in [0, 0.05) is 43.4 Å². The van der Waals surface area contributed by atoms with Gasteiger partial charge in [-0.3, -0.25) is 14.7 Å². The minimum absolute atomic E-state index is 0.153. The molecule has 0 aliphatic carbocycles. The minimum atomic E-state index is -1.14. The van der Waals surface area contributed by atoms with E-state index in [0.29, 0.717) is 29.2 Å². The number of guanidine groups is 1. The topological polar surface area (TPSA) is 80.8 Å². The molecule has 0 bridgehead atoms. The van der Waals surface area contributed by atoms with Crippen molar-refractivity contribution in [1.82, 2.24) is 9.88 Å². The third-order valence-electron chi connectivity index (χ3n) is 6.18. The number of hydrogen-bond donors (Lipinski definition) is 1. The molecule has 3 aromatic rings. The van der Waals surface area contributed by atoms with E-state index in [9.17, 15) is 4.79 Å². The highest BCUT2D eigenvalue weighted by Crippen LogP contribution is 2.50. The Morgan fingerprint density at radius 1 is 1.12 bits per heavy atom. The van der Waals surface area contributed by atoms with Crippen LogP contribution in [0.25, 0.3) is 11.1 Å². The molecule has 0 radical (unpaired) electrons.